The molecular weight excluding hydrogens is 286 g/mol. The minimum atomic E-state index is -0.104. The number of rotatable bonds is 6. The molecule has 1 amide bonds. The number of hydrogen-bond donors (Lipinski definition) is 1. The molecule has 0 radical (unpaired) electrons. The molecule has 0 aromatic heterocycles. The average Bonchev–Trinajstić information content (AvgIpc) is 2.60. The highest BCUT2D eigenvalue weighted by Gasteiger charge is 2.07. The van der Waals surface area contributed by atoms with Crippen molar-refractivity contribution in [3.63, 3.8) is 0 Å². The first-order valence-corrected chi connectivity index (χ1v) is 7.84. The van der Waals surface area contributed by atoms with E-state index < -0.39 is 0 Å². The van der Waals surface area contributed by atoms with Crippen LogP contribution in [0.2, 0.25) is 0 Å². The highest BCUT2D eigenvalue weighted by atomic mass is 16.5. The van der Waals surface area contributed by atoms with E-state index in [0.29, 0.717) is 0 Å². The number of methoxy groups -OCH3 is 1. The zero-order chi connectivity index (χ0) is 16.7. The molecule has 0 aliphatic heterocycles. The van der Waals surface area contributed by atoms with Gasteiger partial charge in [0.15, 0.2) is 0 Å². The maximum absolute atomic E-state index is 12.0. The van der Waals surface area contributed by atoms with Crippen molar-refractivity contribution < 1.29 is 9.53 Å². The van der Waals surface area contributed by atoms with Gasteiger partial charge in [-0.3, -0.25) is 4.79 Å². The van der Waals surface area contributed by atoms with Gasteiger partial charge >= 0.3 is 0 Å². The summed E-state index contributed by atoms with van der Waals surface area (Å²) in [4.78, 5) is 12.0. The molecule has 1 atom stereocenters. The number of benzene rings is 2. The molecule has 0 aliphatic rings. The van der Waals surface area contributed by atoms with Crippen LogP contribution in [0.25, 0.3) is 6.08 Å². The van der Waals surface area contributed by atoms with Crippen molar-refractivity contribution in [3.05, 3.63) is 71.3 Å². The van der Waals surface area contributed by atoms with Gasteiger partial charge in [-0.2, -0.15) is 0 Å². The van der Waals surface area contributed by atoms with Crippen LogP contribution in [0.5, 0.6) is 5.75 Å². The summed E-state index contributed by atoms with van der Waals surface area (Å²) in [6.07, 6.45) is 4.37. The van der Waals surface area contributed by atoms with Gasteiger partial charge in [0.1, 0.15) is 5.75 Å². The Labute approximate surface area is 138 Å². The molecule has 1 unspecified atom stereocenters. The summed E-state index contributed by atoms with van der Waals surface area (Å²) < 4.78 is 5.11. The molecule has 0 saturated heterocycles. The molecule has 3 nitrogen and oxygen atoms in total. The Morgan fingerprint density at radius 2 is 1.78 bits per heavy atom. The van der Waals surface area contributed by atoms with Gasteiger partial charge in [-0.1, -0.05) is 43.3 Å². The molecule has 0 heterocycles. The van der Waals surface area contributed by atoms with E-state index in [1.165, 1.54) is 5.56 Å². The number of hydrogen-bond acceptors (Lipinski definition) is 2. The van der Waals surface area contributed by atoms with Gasteiger partial charge in [-0.25, -0.2) is 0 Å². The van der Waals surface area contributed by atoms with Gasteiger partial charge in [-0.05, 0) is 48.2 Å². The maximum Gasteiger partial charge on any atom is 0.244 e. The van der Waals surface area contributed by atoms with E-state index >= 15 is 0 Å². The smallest absolute Gasteiger partial charge is 0.244 e. The SMILES string of the molecule is CCc1ccc(C(C)NC(=O)/C=C/c2ccc(OC)cc2)cc1. The second kappa shape index (κ2) is 8.18. The van der Waals surface area contributed by atoms with Crippen molar-refractivity contribution >= 4 is 12.0 Å². The molecule has 23 heavy (non-hydrogen) atoms. The topological polar surface area (TPSA) is 38.3 Å². The lowest BCUT2D eigenvalue weighted by Crippen LogP contribution is -2.24. The first-order chi connectivity index (χ1) is 11.1. The number of ether oxygens (including phenoxy) is 1. The number of carbonyl (C=O) groups excluding carboxylic acids is 1. The van der Waals surface area contributed by atoms with Crippen LogP contribution in [-0.4, -0.2) is 13.0 Å². The van der Waals surface area contributed by atoms with Crippen molar-refractivity contribution in [2.75, 3.05) is 7.11 Å². The Morgan fingerprint density at radius 1 is 1.13 bits per heavy atom. The summed E-state index contributed by atoms with van der Waals surface area (Å²) in [5.41, 5.74) is 3.36. The van der Waals surface area contributed by atoms with Crippen molar-refractivity contribution in [1.82, 2.24) is 5.32 Å². The molecule has 0 saturated carbocycles. The molecule has 0 spiro atoms. The Kier molecular flexibility index (Phi) is 5.98. The van der Waals surface area contributed by atoms with Gasteiger partial charge in [0.2, 0.25) is 5.91 Å². The molecule has 0 aliphatic carbocycles. The molecule has 3 heteroatoms. The van der Waals surface area contributed by atoms with Crippen molar-refractivity contribution in [2.24, 2.45) is 0 Å². The van der Waals surface area contributed by atoms with Crippen LogP contribution in [0.15, 0.2) is 54.6 Å². The number of nitrogens with one attached hydrogen (secondary N) is 1. The van der Waals surface area contributed by atoms with Crippen LogP contribution in [0.1, 0.15) is 36.6 Å². The van der Waals surface area contributed by atoms with E-state index in [1.807, 2.05) is 31.2 Å². The van der Waals surface area contributed by atoms with Crippen LogP contribution in [0, 0.1) is 0 Å². The number of amides is 1. The molecular formula is C20H23NO2. The summed E-state index contributed by atoms with van der Waals surface area (Å²) in [6.45, 7) is 4.12. The monoisotopic (exact) mass is 309 g/mol. The minimum absolute atomic E-state index is 0.0195. The number of carbonyl (C=O) groups is 1. The lowest BCUT2D eigenvalue weighted by atomic mass is 10.0. The van der Waals surface area contributed by atoms with Crippen LogP contribution >= 0.6 is 0 Å². The predicted octanol–water partition coefficient (Wildman–Crippen LogP) is 4.15. The van der Waals surface area contributed by atoms with Gasteiger partial charge in [0.05, 0.1) is 13.2 Å². The summed E-state index contributed by atoms with van der Waals surface area (Å²) >= 11 is 0. The molecule has 2 rings (SSSR count). The Morgan fingerprint density at radius 3 is 2.35 bits per heavy atom. The molecule has 120 valence electrons. The van der Waals surface area contributed by atoms with Crippen LogP contribution in [0.3, 0.4) is 0 Å². The Bertz CT molecular complexity index is 657. The van der Waals surface area contributed by atoms with Crippen molar-refractivity contribution in [2.45, 2.75) is 26.3 Å². The van der Waals surface area contributed by atoms with E-state index in [1.54, 1.807) is 19.3 Å². The first-order valence-electron chi connectivity index (χ1n) is 7.84. The van der Waals surface area contributed by atoms with E-state index in [4.69, 9.17) is 4.74 Å². The third-order valence-electron chi connectivity index (χ3n) is 3.79. The zero-order valence-corrected chi connectivity index (χ0v) is 13.9. The van der Waals surface area contributed by atoms with Gasteiger partial charge in [0, 0.05) is 6.08 Å². The lowest BCUT2D eigenvalue weighted by molar-refractivity contribution is -0.117. The van der Waals surface area contributed by atoms with Crippen LogP contribution in [0.4, 0.5) is 0 Å². The predicted molar refractivity (Wildman–Crippen MR) is 94.4 cm³/mol. The summed E-state index contributed by atoms with van der Waals surface area (Å²) in [5, 5.41) is 2.98. The third kappa shape index (κ3) is 4.99. The fourth-order valence-electron chi connectivity index (χ4n) is 2.27. The van der Waals surface area contributed by atoms with Crippen LogP contribution in [-0.2, 0) is 11.2 Å². The van der Waals surface area contributed by atoms with E-state index in [9.17, 15) is 4.79 Å². The molecule has 1 N–H and O–H groups in total. The van der Waals surface area contributed by atoms with E-state index in [0.717, 1.165) is 23.3 Å². The molecule has 2 aromatic rings. The highest BCUT2D eigenvalue weighted by Crippen LogP contribution is 2.14. The highest BCUT2D eigenvalue weighted by molar-refractivity contribution is 5.91. The van der Waals surface area contributed by atoms with Crippen LogP contribution < -0.4 is 10.1 Å². The van der Waals surface area contributed by atoms with E-state index in [2.05, 4.69) is 36.5 Å². The second-order valence-corrected chi connectivity index (χ2v) is 5.43. The van der Waals surface area contributed by atoms with Crippen molar-refractivity contribution in [3.8, 4) is 5.75 Å². The number of aryl methyl sites for hydroxylation is 1. The Hall–Kier alpha value is -2.55. The minimum Gasteiger partial charge on any atom is -0.497 e. The quantitative estimate of drug-likeness (QED) is 0.814. The third-order valence-corrected chi connectivity index (χ3v) is 3.79. The maximum atomic E-state index is 12.0. The summed E-state index contributed by atoms with van der Waals surface area (Å²) in [5.74, 6) is 0.698. The van der Waals surface area contributed by atoms with Crippen molar-refractivity contribution in [1.29, 1.82) is 0 Å². The largest absolute Gasteiger partial charge is 0.497 e. The normalized spacial score (nSPS) is 12.1. The summed E-state index contributed by atoms with van der Waals surface area (Å²) in [7, 11) is 1.63. The fraction of sp³-hybridized carbons (Fsp3) is 0.250. The molecule has 2 aromatic carbocycles. The van der Waals surface area contributed by atoms with Gasteiger partial charge < -0.3 is 10.1 Å². The van der Waals surface area contributed by atoms with E-state index in [-0.39, 0.29) is 11.9 Å². The Balaban J connectivity index is 1.93. The summed E-state index contributed by atoms with van der Waals surface area (Å²) in [6, 6.07) is 15.9. The second-order valence-electron chi connectivity index (χ2n) is 5.43. The fourth-order valence-corrected chi connectivity index (χ4v) is 2.27. The van der Waals surface area contributed by atoms with Gasteiger partial charge in [0.25, 0.3) is 0 Å². The average molecular weight is 309 g/mol. The molecule has 0 fully saturated rings. The first kappa shape index (κ1) is 16.8. The van der Waals surface area contributed by atoms with Gasteiger partial charge in [-0.15, -0.1) is 0 Å². The lowest BCUT2D eigenvalue weighted by Gasteiger charge is -2.13. The molecule has 0 bridgehead atoms. The zero-order valence-electron chi connectivity index (χ0n) is 13.9. The standard InChI is InChI=1S/C20H23NO2/c1-4-16-5-10-18(11-6-16)15(2)21-20(22)14-9-17-7-12-19(23-3)13-8-17/h5-15H,4H2,1-3H3,(H,21,22)/b14-9+.